The lowest BCUT2D eigenvalue weighted by atomic mass is 10.7. The van der Waals surface area contributed by atoms with E-state index in [-0.39, 0.29) is 0 Å². The van der Waals surface area contributed by atoms with E-state index in [4.69, 9.17) is 0 Å². The molecule has 1 aliphatic rings. The van der Waals surface area contributed by atoms with Crippen LogP contribution in [0.15, 0.2) is 15.2 Å². The lowest BCUT2D eigenvalue weighted by Gasteiger charge is -1.65. The molecule has 1 rings (SSSR count). The Hall–Kier alpha value is -0.640. The van der Waals surface area contributed by atoms with E-state index >= 15 is 0 Å². The van der Waals surface area contributed by atoms with Crippen LogP contribution >= 0.6 is 0 Å². The normalized spacial score (nSPS) is 22.2. The summed E-state index contributed by atoms with van der Waals surface area (Å²) in [6.07, 6.45) is 1.93. The molecule has 0 aromatic heterocycles. The van der Waals surface area contributed by atoms with Crippen LogP contribution in [0, 0.1) is 0 Å². The van der Waals surface area contributed by atoms with E-state index in [9.17, 15) is 0 Å². The molecule has 0 spiro atoms. The second-order valence-electron chi connectivity index (χ2n) is 1.35. The predicted octanol–water partition coefficient (Wildman–Crippen LogP) is 0.670. The van der Waals surface area contributed by atoms with E-state index in [0.717, 1.165) is 10.9 Å². The Morgan fingerprint density at radius 2 is 2.12 bits per heavy atom. The topological polar surface area (TPSA) is 37.1 Å². The SMILES string of the molecule is C[S+]=C1N=NC(C)=N1. The van der Waals surface area contributed by atoms with Gasteiger partial charge in [-0.05, 0) is 6.92 Å². The average molecular weight is 128 g/mol. The van der Waals surface area contributed by atoms with Crippen LogP contribution in [0.4, 0.5) is 0 Å². The van der Waals surface area contributed by atoms with Crippen molar-refractivity contribution in [1.82, 2.24) is 0 Å². The maximum atomic E-state index is 3.97. The summed E-state index contributed by atoms with van der Waals surface area (Å²) in [6.45, 7) is 1.83. The molecule has 1 heterocycles. The molecule has 0 N–H and O–H groups in total. The van der Waals surface area contributed by atoms with E-state index in [1.807, 2.05) is 13.2 Å². The molecule has 0 saturated carbocycles. The molecule has 0 unspecified atom stereocenters. The van der Waals surface area contributed by atoms with Gasteiger partial charge in [0.05, 0.1) is 0 Å². The van der Waals surface area contributed by atoms with E-state index < -0.39 is 0 Å². The molecule has 0 aliphatic carbocycles. The highest BCUT2D eigenvalue weighted by Gasteiger charge is 2.09. The number of aliphatic imine (C=N–C) groups is 1. The van der Waals surface area contributed by atoms with Crippen LogP contribution < -0.4 is 0 Å². The van der Waals surface area contributed by atoms with E-state index in [2.05, 4.69) is 15.2 Å². The highest BCUT2D eigenvalue weighted by molar-refractivity contribution is 7.77. The molecule has 0 aromatic carbocycles. The van der Waals surface area contributed by atoms with Crippen molar-refractivity contribution in [1.29, 1.82) is 0 Å². The zero-order valence-corrected chi connectivity index (χ0v) is 5.57. The first-order valence-electron chi connectivity index (χ1n) is 2.21. The van der Waals surface area contributed by atoms with E-state index in [0.29, 0.717) is 0 Å². The minimum Gasteiger partial charge on any atom is -0.157 e. The van der Waals surface area contributed by atoms with E-state index in [1.165, 1.54) is 11.4 Å². The van der Waals surface area contributed by atoms with Crippen LogP contribution in [0.2, 0.25) is 0 Å². The summed E-state index contributed by atoms with van der Waals surface area (Å²) in [6, 6.07) is 0. The summed E-state index contributed by atoms with van der Waals surface area (Å²) in [5.74, 6) is 0.745. The van der Waals surface area contributed by atoms with Crippen LogP contribution in [0.3, 0.4) is 0 Å². The van der Waals surface area contributed by atoms with Crippen molar-refractivity contribution in [2.75, 3.05) is 6.26 Å². The van der Waals surface area contributed by atoms with Gasteiger partial charge in [0.15, 0.2) is 12.1 Å². The summed E-state index contributed by atoms with van der Waals surface area (Å²) in [5, 5.41) is 8.19. The number of hydrogen-bond acceptors (Lipinski definition) is 1. The lowest BCUT2D eigenvalue weighted by molar-refractivity contribution is 1.39. The third-order valence-corrected chi connectivity index (χ3v) is 1.26. The molecule has 0 saturated heterocycles. The Labute approximate surface area is 51.5 Å². The number of amidine groups is 1. The zero-order valence-electron chi connectivity index (χ0n) is 4.75. The van der Waals surface area contributed by atoms with Crippen molar-refractivity contribution < 1.29 is 0 Å². The molecule has 0 bridgehead atoms. The van der Waals surface area contributed by atoms with Gasteiger partial charge in [-0.2, -0.15) is 4.99 Å². The standard InChI is InChI=1S/C4H6N3S/c1-3-5-4(8-2)7-6-3/h1-2H3/q+1. The number of hydrogen-bond donors (Lipinski definition) is 0. The van der Waals surface area contributed by atoms with Crippen LogP contribution in [-0.4, -0.2) is 17.2 Å². The number of azo groups is 1. The summed E-state index contributed by atoms with van der Waals surface area (Å²) < 4.78 is 0. The maximum Gasteiger partial charge on any atom is 0.435 e. The number of rotatable bonds is 0. The van der Waals surface area contributed by atoms with Gasteiger partial charge in [-0.3, -0.25) is 0 Å². The van der Waals surface area contributed by atoms with Crippen molar-refractivity contribution in [3.8, 4) is 0 Å². The molecule has 0 aromatic rings. The van der Waals surface area contributed by atoms with Crippen LogP contribution in [0.5, 0.6) is 0 Å². The van der Waals surface area contributed by atoms with Gasteiger partial charge in [0.1, 0.15) is 0 Å². The fraction of sp³-hybridized carbons (Fsp3) is 0.500. The molecular weight excluding hydrogens is 122 g/mol. The molecule has 0 radical (unpaired) electrons. The summed E-state index contributed by atoms with van der Waals surface area (Å²) in [5.41, 5.74) is 0. The molecule has 1 aliphatic heterocycles. The molecule has 0 fully saturated rings. The first kappa shape index (κ1) is 5.50. The fourth-order valence-electron chi connectivity index (χ4n) is 0.385. The van der Waals surface area contributed by atoms with Gasteiger partial charge < -0.3 is 0 Å². The lowest BCUT2D eigenvalue weighted by Crippen LogP contribution is -1.84. The molecule has 4 heteroatoms. The van der Waals surface area contributed by atoms with Crippen molar-refractivity contribution >= 4 is 22.3 Å². The molecular formula is C4H6N3S+. The quantitative estimate of drug-likeness (QED) is 0.339. The van der Waals surface area contributed by atoms with E-state index in [1.54, 1.807) is 0 Å². The maximum absolute atomic E-state index is 3.97. The van der Waals surface area contributed by atoms with Crippen molar-refractivity contribution in [2.45, 2.75) is 6.92 Å². The Bertz CT molecular complexity index is 180. The molecule has 3 nitrogen and oxygen atoms in total. The highest BCUT2D eigenvalue weighted by Crippen LogP contribution is 1.95. The van der Waals surface area contributed by atoms with Crippen LogP contribution in [0.25, 0.3) is 0 Å². The molecule has 8 heavy (non-hydrogen) atoms. The smallest absolute Gasteiger partial charge is 0.157 e. The van der Waals surface area contributed by atoms with Crippen molar-refractivity contribution in [3.05, 3.63) is 0 Å². The number of nitrogens with zero attached hydrogens (tertiary/aromatic N) is 3. The Balaban J connectivity index is 2.84. The Kier molecular flexibility index (Phi) is 1.43. The monoisotopic (exact) mass is 128 g/mol. The minimum atomic E-state index is 0.745. The zero-order chi connectivity index (χ0) is 5.98. The summed E-state index contributed by atoms with van der Waals surface area (Å²) in [4.78, 5) is 3.97. The predicted molar refractivity (Wildman–Crippen MR) is 36.3 cm³/mol. The van der Waals surface area contributed by atoms with Gasteiger partial charge in [-0.25, -0.2) is 0 Å². The first-order valence-corrected chi connectivity index (χ1v) is 3.43. The third-order valence-electron chi connectivity index (χ3n) is 0.720. The van der Waals surface area contributed by atoms with Crippen LogP contribution in [0.1, 0.15) is 6.92 Å². The second kappa shape index (κ2) is 2.09. The van der Waals surface area contributed by atoms with Gasteiger partial charge in [0.2, 0.25) is 11.4 Å². The third kappa shape index (κ3) is 0.949. The average Bonchev–Trinajstić information content (AvgIpc) is 2.14. The van der Waals surface area contributed by atoms with Gasteiger partial charge in [-0.1, -0.05) is 5.11 Å². The van der Waals surface area contributed by atoms with Gasteiger partial charge >= 0.3 is 5.11 Å². The van der Waals surface area contributed by atoms with Crippen LogP contribution in [-0.2, 0) is 11.4 Å². The molecule has 0 amide bonds. The first-order chi connectivity index (χ1) is 3.83. The molecule has 42 valence electrons. The minimum absolute atomic E-state index is 0.745. The summed E-state index contributed by atoms with van der Waals surface area (Å²) in [7, 11) is 0. The Morgan fingerprint density at radius 1 is 1.38 bits per heavy atom. The second-order valence-corrected chi connectivity index (χ2v) is 2.12. The largest absolute Gasteiger partial charge is 0.435 e. The molecule has 0 atom stereocenters. The fourth-order valence-corrected chi connectivity index (χ4v) is 0.731. The van der Waals surface area contributed by atoms with Crippen molar-refractivity contribution in [3.63, 3.8) is 0 Å². The highest BCUT2D eigenvalue weighted by atomic mass is 32.1. The van der Waals surface area contributed by atoms with Gasteiger partial charge in [0.25, 0.3) is 0 Å². The van der Waals surface area contributed by atoms with Gasteiger partial charge in [0, 0.05) is 0 Å². The Morgan fingerprint density at radius 3 is 2.38 bits per heavy atom. The van der Waals surface area contributed by atoms with Gasteiger partial charge in [-0.15, -0.1) is 5.11 Å². The summed E-state index contributed by atoms with van der Waals surface area (Å²) >= 11 is 1.50. The van der Waals surface area contributed by atoms with Crippen molar-refractivity contribution in [2.24, 2.45) is 15.2 Å².